The van der Waals surface area contributed by atoms with Crippen molar-refractivity contribution in [1.82, 2.24) is 0 Å². The highest BCUT2D eigenvalue weighted by Crippen LogP contribution is 2.15. The minimum Gasteiger partial charge on any atom is -0.748 e. The Morgan fingerprint density at radius 1 is 1.22 bits per heavy atom. The molecule has 1 unspecified atom stereocenters. The molecule has 0 saturated carbocycles. The predicted molar refractivity (Wildman–Crippen MR) is 70.0 cm³/mol. The van der Waals surface area contributed by atoms with E-state index in [1.165, 1.54) is 10.5 Å². The molecular weight excluding hydrogens is 252 g/mol. The fourth-order valence-corrected chi connectivity index (χ4v) is 1.37. The number of aliphatic imine (C=N–C) groups is 1. The first-order valence-corrected chi connectivity index (χ1v) is 7.16. The van der Waals surface area contributed by atoms with Crippen LogP contribution in [0.1, 0.15) is 12.5 Å². The van der Waals surface area contributed by atoms with Crippen LogP contribution in [0.5, 0.6) is 0 Å². The lowest BCUT2D eigenvalue weighted by molar-refractivity contribution is -0.718. The molecule has 0 bridgehead atoms. The van der Waals surface area contributed by atoms with E-state index < -0.39 is 10.1 Å². The molecule has 1 atom stereocenters. The molecular formula is C12H16N2O3S. The molecule has 1 aliphatic heterocycles. The van der Waals surface area contributed by atoms with Gasteiger partial charge in [0.2, 0.25) is 5.84 Å². The molecule has 18 heavy (non-hydrogen) atoms. The number of quaternary nitrogens is 1. The Balaban J connectivity index is 0.000000280. The number of rotatable bonds is 1. The van der Waals surface area contributed by atoms with E-state index in [-0.39, 0.29) is 0 Å². The van der Waals surface area contributed by atoms with E-state index in [0.717, 1.165) is 11.5 Å². The van der Waals surface area contributed by atoms with Crippen LogP contribution in [0.2, 0.25) is 0 Å². The van der Waals surface area contributed by atoms with Crippen LogP contribution in [0.15, 0.2) is 41.5 Å². The second-order valence-electron chi connectivity index (χ2n) is 3.98. The van der Waals surface area contributed by atoms with Gasteiger partial charge in [0.05, 0.1) is 17.2 Å². The zero-order valence-corrected chi connectivity index (χ0v) is 11.4. The molecule has 0 amide bonds. The summed E-state index contributed by atoms with van der Waals surface area (Å²) >= 11 is 0. The SMILES string of the molecule is CC1=NC(c2ccccc2)=C[NH+]1C.CS(=O)(=O)[O-]. The van der Waals surface area contributed by atoms with Gasteiger partial charge >= 0.3 is 0 Å². The predicted octanol–water partition coefficient (Wildman–Crippen LogP) is 0.0931. The van der Waals surface area contributed by atoms with Crippen LogP contribution < -0.4 is 4.90 Å². The third kappa shape index (κ3) is 5.22. The van der Waals surface area contributed by atoms with Gasteiger partial charge in [-0.05, 0) is 0 Å². The lowest BCUT2D eigenvalue weighted by atomic mass is 10.2. The zero-order valence-electron chi connectivity index (χ0n) is 10.5. The van der Waals surface area contributed by atoms with Gasteiger partial charge in [0.15, 0.2) is 0 Å². The monoisotopic (exact) mass is 268 g/mol. The van der Waals surface area contributed by atoms with Crippen LogP contribution in [0.25, 0.3) is 5.70 Å². The summed E-state index contributed by atoms with van der Waals surface area (Å²) in [6.07, 6.45) is 2.73. The Bertz CT molecular complexity index is 554. The minimum atomic E-state index is -3.92. The Morgan fingerprint density at radius 3 is 2.11 bits per heavy atom. The van der Waals surface area contributed by atoms with Gasteiger partial charge in [0.1, 0.15) is 11.9 Å². The summed E-state index contributed by atoms with van der Waals surface area (Å²) in [5, 5.41) is 0. The molecule has 6 heteroatoms. The smallest absolute Gasteiger partial charge is 0.203 e. The number of hydrogen-bond donors (Lipinski definition) is 1. The van der Waals surface area contributed by atoms with Crippen molar-refractivity contribution in [1.29, 1.82) is 0 Å². The van der Waals surface area contributed by atoms with Gasteiger partial charge in [-0.1, -0.05) is 30.3 Å². The first kappa shape index (κ1) is 14.6. The van der Waals surface area contributed by atoms with Crippen molar-refractivity contribution in [2.24, 2.45) is 4.99 Å². The molecule has 0 fully saturated rings. The number of benzene rings is 1. The number of nitrogens with one attached hydrogen (secondary N) is 1. The van der Waals surface area contributed by atoms with E-state index in [4.69, 9.17) is 13.0 Å². The van der Waals surface area contributed by atoms with Crippen molar-refractivity contribution in [2.75, 3.05) is 13.3 Å². The van der Waals surface area contributed by atoms with Crippen molar-refractivity contribution in [3.05, 3.63) is 42.1 Å². The fourth-order valence-electron chi connectivity index (χ4n) is 1.37. The maximum atomic E-state index is 9.08. The molecule has 0 saturated heterocycles. The van der Waals surface area contributed by atoms with Crippen LogP contribution in [-0.2, 0) is 10.1 Å². The van der Waals surface area contributed by atoms with Gasteiger partial charge in [-0.15, -0.1) is 0 Å². The summed E-state index contributed by atoms with van der Waals surface area (Å²) < 4.78 is 27.2. The van der Waals surface area contributed by atoms with Gasteiger partial charge < -0.3 is 4.55 Å². The van der Waals surface area contributed by atoms with E-state index >= 15 is 0 Å². The minimum absolute atomic E-state index is 0.604. The molecule has 2 rings (SSSR count). The second-order valence-corrected chi connectivity index (χ2v) is 5.39. The molecule has 0 radical (unpaired) electrons. The largest absolute Gasteiger partial charge is 0.748 e. The topological polar surface area (TPSA) is 74.0 Å². The van der Waals surface area contributed by atoms with E-state index in [1.807, 2.05) is 25.1 Å². The van der Waals surface area contributed by atoms with Gasteiger partial charge in [0, 0.05) is 18.7 Å². The normalized spacial score (nSPS) is 18.6. The van der Waals surface area contributed by atoms with Gasteiger partial charge in [-0.25, -0.2) is 8.42 Å². The Hall–Kier alpha value is -1.50. The molecule has 1 aliphatic rings. The highest BCUT2D eigenvalue weighted by Gasteiger charge is 2.15. The molecule has 1 aromatic rings. The zero-order chi connectivity index (χ0) is 13.8. The molecule has 1 heterocycles. The quantitative estimate of drug-likeness (QED) is 0.734. The van der Waals surface area contributed by atoms with E-state index in [2.05, 4.69) is 30.4 Å². The summed E-state index contributed by atoms with van der Waals surface area (Å²) in [5.41, 5.74) is 2.27. The van der Waals surface area contributed by atoms with Crippen molar-refractivity contribution in [3.8, 4) is 0 Å². The van der Waals surface area contributed by atoms with E-state index in [1.54, 1.807) is 0 Å². The van der Waals surface area contributed by atoms with Crippen LogP contribution in [0, 0.1) is 0 Å². The lowest BCUT2D eigenvalue weighted by Gasteiger charge is -1.97. The molecule has 5 nitrogen and oxygen atoms in total. The second kappa shape index (κ2) is 5.90. The first-order chi connectivity index (χ1) is 8.27. The van der Waals surface area contributed by atoms with Gasteiger partial charge in [-0.3, -0.25) is 4.90 Å². The highest BCUT2D eigenvalue weighted by molar-refractivity contribution is 7.84. The summed E-state index contributed by atoms with van der Waals surface area (Å²) in [5.74, 6) is 1.12. The average Bonchev–Trinajstić information content (AvgIpc) is 2.58. The average molecular weight is 268 g/mol. The van der Waals surface area contributed by atoms with Crippen LogP contribution in [-0.4, -0.2) is 32.1 Å². The highest BCUT2D eigenvalue weighted by atomic mass is 32.2. The molecule has 0 spiro atoms. The maximum Gasteiger partial charge on any atom is 0.203 e. The third-order valence-corrected chi connectivity index (χ3v) is 2.28. The summed E-state index contributed by atoms with van der Waals surface area (Å²) in [7, 11) is -1.82. The number of hydrogen-bond acceptors (Lipinski definition) is 4. The molecule has 0 aromatic heterocycles. The van der Waals surface area contributed by atoms with Crippen molar-refractivity contribution in [2.45, 2.75) is 6.92 Å². The Kier molecular flexibility index (Phi) is 4.77. The summed E-state index contributed by atoms with van der Waals surface area (Å²) in [6.45, 7) is 2.04. The maximum absolute atomic E-state index is 9.08. The fraction of sp³-hybridized carbons (Fsp3) is 0.250. The van der Waals surface area contributed by atoms with E-state index in [9.17, 15) is 0 Å². The molecule has 1 aromatic carbocycles. The van der Waals surface area contributed by atoms with Crippen LogP contribution in [0.4, 0.5) is 0 Å². The summed E-state index contributed by atoms with van der Waals surface area (Å²) in [4.78, 5) is 5.74. The van der Waals surface area contributed by atoms with Crippen molar-refractivity contribution in [3.63, 3.8) is 0 Å². The Morgan fingerprint density at radius 2 is 1.72 bits per heavy atom. The standard InChI is InChI=1S/C11H12N2.CH4O3S/c1-9-12-11(8-13(9)2)10-6-4-3-5-7-10;1-5(2,3)4/h3-8H,1-2H3;1H3,(H,2,3,4). The number of nitrogens with zero attached hydrogens (tertiary/aromatic N) is 1. The van der Waals surface area contributed by atoms with Crippen molar-refractivity contribution >= 4 is 21.7 Å². The van der Waals surface area contributed by atoms with Crippen LogP contribution in [0.3, 0.4) is 0 Å². The number of amidine groups is 1. The molecule has 0 aliphatic carbocycles. The molecule has 1 N–H and O–H groups in total. The summed E-state index contributed by atoms with van der Waals surface area (Å²) in [6, 6.07) is 10.3. The van der Waals surface area contributed by atoms with Crippen LogP contribution >= 0.6 is 0 Å². The van der Waals surface area contributed by atoms with Gasteiger partial charge in [0.25, 0.3) is 0 Å². The van der Waals surface area contributed by atoms with Crippen molar-refractivity contribution < 1.29 is 17.9 Å². The van der Waals surface area contributed by atoms with E-state index in [0.29, 0.717) is 6.26 Å². The third-order valence-electron chi connectivity index (χ3n) is 2.28. The Labute approximate surface area is 107 Å². The van der Waals surface area contributed by atoms with Gasteiger partial charge in [-0.2, -0.15) is 4.99 Å². The molecule has 98 valence electrons. The lowest BCUT2D eigenvalue weighted by Crippen LogP contribution is -3.05. The first-order valence-electron chi connectivity index (χ1n) is 5.34.